The van der Waals surface area contributed by atoms with Gasteiger partial charge in [0.05, 0.1) is 17.4 Å². The van der Waals surface area contributed by atoms with Crippen LogP contribution in [0.25, 0.3) is 0 Å². The maximum absolute atomic E-state index is 4.68. The summed E-state index contributed by atoms with van der Waals surface area (Å²) in [5.74, 6) is 4.01. The Bertz CT molecular complexity index is 635. The van der Waals surface area contributed by atoms with E-state index in [-0.39, 0.29) is 0 Å². The van der Waals surface area contributed by atoms with Crippen LogP contribution in [0.5, 0.6) is 0 Å². The minimum atomic E-state index is 0.908. The zero-order valence-corrected chi connectivity index (χ0v) is 17.4. The predicted molar refractivity (Wildman–Crippen MR) is 110 cm³/mol. The smallest absolute Gasteiger partial charge is 0.186 e. The van der Waals surface area contributed by atoms with Crippen LogP contribution in [0.3, 0.4) is 0 Å². The molecule has 6 nitrogen and oxygen atoms in total. The van der Waals surface area contributed by atoms with Gasteiger partial charge in [-0.25, -0.2) is 4.98 Å². The highest BCUT2D eigenvalue weighted by Gasteiger charge is 2.17. The Hall–Kier alpha value is -0.900. The van der Waals surface area contributed by atoms with Gasteiger partial charge in [-0.1, -0.05) is 0 Å². The molecule has 2 aromatic rings. The molecule has 0 amide bonds. The van der Waals surface area contributed by atoms with Gasteiger partial charge in [-0.2, -0.15) is 20.5 Å². The summed E-state index contributed by atoms with van der Waals surface area (Å²) < 4.78 is 8.92. The number of hydrogen-bond acceptors (Lipinski definition) is 9. The van der Waals surface area contributed by atoms with E-state index in [0.29, 0.717) is 0 Å². The van der Waals surface area contributed by atoms with Gasteiger partial charge >= 0.3 is 0 Å². The zero-order chi connectivity index (χ0) is 17.5. The first-order chi connectivity index (χ1) is 12.2. The van der Waals surface area contributed by atoms with E-state index in [1.165, 1.54) is 41.7 Å². The summed E-state index contributed by atoms with van der Waals surface area (Å²) >= 11 is 4.97. The van der Waals surface area contributed by atoms with Crippen LogP contribution in [0.4, 0.5) is 11.6 Å². The molecule has 3 rings (SSSR count). The van der Waals surface area contributed by atoms with Crippen molar-refractivity contribution in [2.75, 3.05) is 49.7 Å². The second-order valence-electron chi connectivity index (χ2n) is 6.43. The van der Waals surface area contributed by atoms with Crippen LogP contribution < -0.4 is 10.2 Å². The zero-order valence-electron chi connectivity index (χ0n) is 14.9. The van der Waals surface area contributed by atoms with Crippen molar-refractivity contribution in [3.63, 3.8) is 0 Å². The van der Waals surface area contributed by atoms with E-state index < -0.39 is 0 Å². The molecule has 0 aliphatic carbocycles. The summed E-state index contributed by atoms with van der Waals surface area (Å²) in [6, 6.07) is 0. The summed E-state index contributed by atoms with van der Waals surface area (Å²) in [6.45, 7) is 4.04. The molecule has 1 aliphatic heterocycles. The Morgan fingerprint density at radius 3 is 2.88 bits per heavy atom. The van der Waals surface area contributed by atoms with E-state index in [4.69, 9.17) is 0 Å². The van der Waals surface area contributed by atoms with Crippen molar-refractivity contribution in [3.8, 4) is 0 Å². The first-order valence-corrected chi connectivity index (χ1v) is 11.5. The molecule has 0 bridgehead atoms. The minimum absolute atomic E-state index is 0.908. The van der Waals surface area contributed by atoms with E-state index in [0.717, 1.165) is 49.3 Å². The fraction of sp³-hybridized carbons (Fsp3) is 0.688. The maximum atomic E-state index is 4.68. The van der Waals surface area contributed by atoms with Gasteiger partial charge < -0.3 is 15.1 Å². The quantitative estimate of drug-likeness (QED) is 0.650. The molecule has 1 N–H and O–H groups in total. The van der Waals surface area contributed by atoms with Gasteiger partial charge in [-0.05, 0) is 33.4 Å². The molecule has 0 aromatic carbocycles. The lowest BCUT2D eigenvalue weighted by Crippen LogP contribution is -2.30. The number of anilines is 2. The van der Waals surface area contributed by atoms with Crippen LogP contribution in [0, 0.1) is 0 Å². The number of nitrogens with one attached hydrogen (secondary N) is 1. The maximum Gasteiger partial charge on any atom is 0.186 e. The predicted octanol–water partition coefficient (Wildman–Crippen LogP) is 3.39. The van der Waals surface area contributed by atoms with Gasteiger partial charge in [0.2, 0.25) is 0 Å². The van der Waals surface area contributed by atoms with Crippen LogP contribution in [-0.2, 0) is 12.3 Å². The Labute approximate surface area is 162 Å². The van der Waals surface area contributed by atoms with E-state index >= 15 is 0 Å². The van der Waals surface area contributed by atoms with Gasteiger partial charge in [0.1, 0.15) is 5.01 Å². The van der Waals surface area contributed by atoms with Gasteiger partial charge in [0, 0.05) is 43.1 Å². The van der Waals surface area contributed by atoms with Crippen molar-refractivity contribution in [2.24, 2.45) is 0 Å². The van der Waals surface area contributed by atoms with Crippen molar-refractivity contribution in [2.45, 2.75) is 31.6 Å². The first kappa shape index (κ1) is 18.9. The van der Waals surface area contributed by atoms with E-state index in [1.807, 2.05) is 11.8 Å². The molecule has 1 aliphatic rings. The SMILES string of the molecule is CN(C)Cc1nc(CSCCNc2nsnc2N2CCCCC2)cs1. The summed E-state index contributed by atoms with van der Waals surface area (Å²) in [5.41, 5.74) is 1.19. The molecule has 0 atom stereocenters. The second-order valence-corrected chi connectivity index (χ2v) is 9.01. The Balaban J connectivity index is 1.37. The van der Waals surface area contributed by atoms with Crippen LogP contribution in [0.15, 0.2) is 5.38 Å². The van der Waals surface area contributed by atoms with E-state index in [9.17, 15) is 0 Å². The highest BCUT2D eigenvalue weighted by atomic mass is 32.2. The molecule has 0 saturated carbocycles. The molecule has 0 radical (unpaired) electrons. The summed E-state index contributed by atoms with van der Waals surface area (Å²) in [5, 5.41) is 6.83. The summed E-state index contributed by atoms with van der Waals surface area (Å²) in [4.78, 5) is 9.20. The number of rotatable bonds is 9. The molecule has 9 heteroatoms. The lowest BCUT2D eigenvalue weighted by atomic mass is 10.1. The van der Waals surface area contributed by atoms with Crippen LogP contribution in [-0.4, -0.2) is 58.1 Å². The first-order valence-electron chi connectivity index (χ1n) is 8.69. The molecule has 25 heavy (non-hydrogen) atoms. The molecule has 0 unspecified atom stereocenters. The average Bonchev–Trinajstić information content (AvgIpc) is 3.24. The normalized spacial score (nSPS) is 15.1. The molecule has 1 fully saturated rings. The molecule has 1 saturated heterocycles. The molecule has 0 spiro atoms. The number of thioether (sulfide) groups is 1. The topological polar surface area (TPSA) is 57.2 Å². The van der Waals surface area contributed by atoms with Crippen LogP contribution in [0.2, 0.25) is 0 Å². The van der Waals surface area contributed by atoms with Crippen molar-refractivity contribution in [1.29, 1.82) is 0 Å². The lowest BCUT2D eigenvalue weighted by Gasteiger charge is -2.27. The molecular weight excluding hydrogens is 372 g/mol. The number of piperidine rings is 1. The van der Waals surface area contributed by atoms with Gasteiger partial charge in [-0.3, -0.25) is 0 Å². The highest BCUT2D eigenvalue weighted by molar-refractivity contribution is 7.98. The monoisotopic (exact) mass is 398 g/mol. The fourth-order valence-electron chi connectivity index (χ4n) is 2.79. The molecule has 2 aromatic heterocycles. The van der Waals surface area contributed by atoms with Gasteiger partial charge in [0.15, 0.2) is 11.6 Å². The number of nitrogens with zero attached hydrogens (tertiary/aromatic N) is 5. The molecular formula is C16H26N6S3. The third-order valence-corrected chi connectivity index (χ3v) is 6.36. The third-order valence-electron chi connectivity index (χ3n) is 3.97. The van der Waals surface area contributed by atoms with Gasteiger partial charge in [-0.15, -0.1) is 11.3 Å². The minimum Gasteiger partial charge on any atom is -0.365 e. The lowest BCUT2D eigenvalue weighted by molar-refractivity contribution is 0.401. The number of aromatic nitrogens is 3. The largest absolute Gasteiger partial charge is 0.365 e. The molecule has 138 valence electrons. The van der Waals surface area contributed by atoms with Crippen molar-refractivity contribution in [3.05, 3.63) is 16.1 Å². The number of thiazole rings is 1. The highest BCUT2D eigenvalue weighted by Crippen LogP contribution is 2.26. The van der Waals surface area contributed by atoms with Crippen LogP contribution in [0.1, 0.15) is 30.0 Å². The average molecular weight is 399 g/mol. The third kappa shape index (κ3) is 5.80. The van der Waals surface area contributed by atoms with Crippen molar-refractivity contribution >= 4 is 46.5 Å². The van der Waals surface area contributed by atoms with Gasteiger partial charge in [0.25, 0.3) is 0 Å². The summed E-state index contributed by atoms with van der Waals surface area (Å²) in [6.07, 6.45) is 3.85. The van der Waals surface area contributed by atoms with Crippen LogP contribution >= 0.6 is 34.8 Å². The Kier molecular flexibility index (Phi) is 7.33. The number of hydrogen-bond donors (Lipinski definition) is 1. The standard InChI is InChI=1S/C16H26N6S3/c1-21(2)10-14-18-13(12-24-14)11-23-9-6-17-15-16(20-25-19-15)22-7-4-3-5-8-22/h12H,3-11H2,1-2H3,(H,17,19). The van der Waals surface area contributed by atoms with E-state index in [1.54, 1.807) is 11.3 Å². The fourth-order valence-corrected chi connectivity index (χ4v) is 5.10. The van der Waals surface area contributed by atoms with Crippen molar-refractivity contribution in [1.82, 2.24) is 18.6 Å². The van der Waals surface area contributed by atoms with Crippen molar-refractivity contribution < 1.29 is 0 Å². The van der Waals surface area contributed by atoms with E-state index in [2.05, 4.69) is 48.3 Å². The Morgan fingerprint density at radius 1 is 1.24 bits per heavy atom. The summed E-state index contributed by atoms with van der Waals surface area (Å²) in [7, 11) is 4.15. The molecule has 3 heterocycles. The Morgan fingerprint density at radius 2 is 2.08 bits per heavy atom. The second kappa shape index (κ2) is 9.70.